The summed E-state index contributed by atoms with van der Waals surface area (Å²) in [4.78, 5) is 13.1. The maximum absolute atomic E-state index is 11.9. The van der Waals surface area contributed by atoms with Gasteiger partial charge in [0.05, 0.1) is 6.61 Å². The summed E-state index contributed by atoms with van der Waals surface area (Å²) in [5, 5.41) is 3.06. The molecule has 0 radical (unpaired) electrons. The number of hydrogen-bond acceptors (Lipinski definition) is 4. The molecule has 0 heterocycles. The number of likely N-dealkylation sites (N-methyl/N-ethyl adjacent to an activating group) is 1. The average molecular weight is 346 g/mol. The Morgan fingerprint density at radius 2 is 2.26 bits per heavy atom. The highest BCUT2D eigenvalue weighted by Gasteiger charge is 2.32. The zero-order valence-corrected chi connectivity index (χ0v) is 13.9. The molecule has 0 fully saturated rings. The Bertz CT molecular complexity index is 428. The van der Waals surface area contributed by atoms with Gasteiger partial charge in [0.15, 0.2) is 0 Å². The molecule has 1 atom stereocenters. The van der Waals surface area contributed by atoms with Crippen molar-refractivity contribution in [2.45, 2.75) is 30.7 Å². The molecule has 19 heavy (non-hydrogen) atoms. The normalized spacial score (nSPS) is 13.9. The predicted molar refractivity (Wildman–Crippen MR) is 83.6 cm³/mol. The van der Waals surface area contributed by atoms with Crippen molar-refractivity contribution < 1.29 is 9.53 Å². The van der Waals surface area contributed by atoms with Crippen LogP contribution in [-0.2, 0) is 9.53 Å². The number of benzene rings is 1. The number of halogens is 1. The first kappa shape index (κ1) is 16.5. The van der Waals surface area contributed by atoms with Gasteiger partial charge < -0.3 is 10.1 Å². The number of rotatable bonds is 7. The largest absolute Gasteiger partial charge is 0.465 e. The fourth-order valence-corrected chi connectivity index (χ4v) is 3.23. The number of esters is 1. The molecule has 0 aliphatic carbocycles. The zero-order chi connectivity index (χ0) is 14.3. The van der Waals surface area contributed by atoms with Crippen molar-refractivity contribution in [1.82, 2.24) is 5.32 Å². The van der Waals surface area contributed by atoms with Crippen LogP contribution in [0.3, 0.4) is 0 Å². The highest BCUT2D eigenvalue weighted by Crippen LogP contribution is 2.25. The third-order valence-electron chi connectivity index (χ3n) is 2.94. The third kappa shape index (κ3) is 5.16. The Morgan fingerprint density at radius 1 is 1.53 bits per heavy atom. The van der Waals surface area contributed by atoms with Crippen LogP contribution in [0.4, 0.5) is 0 Å². The van der Waals surface area contributed by atoms with Gasteiger partial charge in [0, 0.05) is 15.1 Å². The van der Waals surface area contributed by atoms with Crippen molar-refractivity contribution in [3.8, 4) is 0 Å². The van der Waals surface area contributed by atoms with Crippen LogP contribution >= 0.6 is 27.7 Å². The molecular weight excluding hydrogens is 326 g/mol. The van der Waals surface area contributed by atoms with E-state index in [-0.39, 0.29) is 5.97 Å². The minimum Gasteiger partial charge on any atom is -0.465 e. The molecular formula is C14H20BrNO2S. The van der Waals surface area contributed by atoms with Crippen LogP contribution in [0.2, 0.25) is 0 Å². The van der Waals surface area contributed by atoms with E-state index in [9.17, 15) is 4.79 Å². The molecule has 0 amide bonds. The highest BCUT2D eigenvalue weighted by molar-refractivity contribution is 9.10. The van der Waals surface area contributed by atoms with E-state index in [2.05, 4.69) is 33.4 Å². The van der Waals surface area contributed by atoms with E-state index in [1.54, 1.807) is 18.8 Å². The number of carbonyl (C=O) groups excluding carboxylic acids is 1. The van der Waals surface area contributed by atoms with Crippen LogP contribution in [-0.4, -0.2) is 30.9 Å². The van der Waals surface area contributed by atoms with Gasteiger partial charge in [-0.25, -0.2) is 0 Å². The Morgan fingerprint density at radius 3 is 2.84 bits per heavy atom. The molecule has 0 bridgehead atoms. The molecule has 0 saturated carbocycles. The molecule has 1 aromatic rings. The topological polar surface area (TPSA) is 38.3 Å². The molecule has 1 N–H and O–H groups in total. The van der Waals surface area contributed by atoms with Crippen molar-refractivity contribution in [1.29, 1.82) is 0 Å². The Balaban J connectivity index is 2.52. The van der Waals surface area contributed by atoms with Crippen LogP contribution in [0.15, 0.2) is 33.6 Å². The number of ether oxygens (including phenoxy) is 1. The first-order valence-corrected chi connectivity index (χ1v) is 8.04. The lowest BCUT2D eigenvalue weighted by molar-refractivity contribution is -0.150. The standard InChI is InChI=1S/C14H20BrNO2S/c1-4-18-13(17)14(2,16-3)8-9-19-12-7-5-6-11(15)10-12/h5-7,10,16H,4,8-9H2,1-3H3. The van der Waals surface area contributed by atoms with Crippen molar-refractivity contribution >= 4 is 33.7 Å². The molecule has 1 rings (SSSR count). The maximum Gasteiger partial charge on any atom is 0.326 e. The second-order valence-corrected chi connectivity index (χ2v) is 6.44. The van der Waals surface area contributed by atoms with E-state index in [4.69, 9.17) is 4.74 Å². The summed E-state index contributed by atoms with van der Waals surface area (Å²) in [6, 6.07) is 8.15. The number of thioether (sulfide) groups is 1. The van der Waals surface area contributed by atoms with Gasteiger partial charge in [-0.3, -0.25) is 4.79 Å². The number of nitrogens with one attached hydrogen (secondary N) is 1. The number of hydrogen-bond donors (Lipinski definition) is 1. The van der Waals surface area contributed by atoms with E-state index in [1.165, 1.54) is 4.90 Å². The van der Waals surface area contributed by atoms with Crippen molar-refractivity contribution in [3.05, 3.63) is 28.7 Å². The second-order valence-electron chi connectivity index (χ2n) is 4.36. The van der Waals surface area contributed by atoms with Crippen LogP contribution in [0.1, 0.15) is 20.3 Å². The number of carbonyl (C=O) groups is 1. The lowest BCUT2D eigenvalue weighted by Gasteiger charge is -2.26. The fraction of sp³-hybridized carbons (Fsp3) is 0.500. The minimum atomic E-state index is -0.616. The van der Waals surface area contributed by atoms with Gasteiger partial charge in [-0.2, -0.15) is 0 Å². The lowest BCUT2D eigenvalue weighted by atomic mass is 10.00. The molecule has 1 aromatic carbocycles. The summed E-state index contributed by atoms with van der Waals surface area (Å²) >= 11 is 5.19. The summed E-state index contributed by atoms with van der Waals surface area (Å²) < 4.78 is 6.17. The summed E-state index contributed by atoms with van der Waals surface area (Å²) in [5.74, 6) is 0.666. The molecule has 0 saturated heterocycles. The second kappa shape index (κ2) is 7.92. The van der Waals surface area contributed by atoms with Crippen LogP contribution in [0.25, 0.3) is 0 Å². The Hall–Kier alpha value is -0.520. The molecule has 5 heteroatoms. The first-order chi connectivity index (χ1) is 9.01. The first-order valence-electron chi connectivity index (χ1n) is 6.26. The third-order valence-corrected chi connectivity index (χ3v) is 4.43. The summed E-state index contributed by atoms with van der Waals surface area (Å²) in [5.41, 5.74) is -0.616. The van der Waals surface area contributed by atoms with Gasteiger partial charge in [-0.05, 0) is 45.5 Å². The Labute approximate surface area is 127 Å². The monoisotopic (exact) mass is 345 g/mol. The van der Waals surface area contributed by atoms with E-state index >= 15 is 0 Å². The summed E-state index contributed by atoms with van der Waals surface area (Å²) in [7, 11) is 1.79. The summed E-state index contributed by atoms with van der Waals surface area (Å²) in [6.07, 6.45) is 0.722. The quantitative estimate of drug-likeness (QED) is 0.606. The summed E-state index contributed by atoms with van der Waals surface area (Å²) in [6.45, 7) is 4.12. The van der Waals surface area contributed by atoms with Gasteiger partial charge in [-0.1, -0.05) is 22.0 Å². The van der Waals surface area contributed by atoms with Gasteiger partial charge in [-0.15, -0.1) is 11.8 Å². The van der Waals surface area contributed by atoms with Crippen molar-refractivity contribution in [3.63, 3.8) is 0 Å². The van der Waals surface area contributed by atoms with Crippen molar-refractivity contribution in [2.24, 2.45) is 0 Å². The van der Waals surface area contributed by atoms with Crippen molar-refractivity contribution in [2.75, 3.05) is 19.4 Å². The molecule has 1 unspecified atom stereocenters. The predicted octanol–water partition coefficient (Wildman–Crippen LogP) is 3.47. The molecule has 3 nitrogen and oxygen atoms in total. The average Bonchev–Trinajstić information content (AvgIpc) is 2.39. The smallest absolute Gasteiger partial charge is 0.326 e. The van der Waals surface area contributed by atoms with E-state index in [1.807, 2.05) is 26.0 Å². The molecule has 0 aliphatic rings. The minimum absolute atomic E-state index is 0.188. The highest BCUT2D eigenvalue weighted by atomic mass is 79.9. The van der Waals surface area contributed by atoms with E-state index < -0.39 is 5.54 Å². The molecule has 0 aliphatic heterocycles. The van der Waals surface area contributed by atoms with Crippen LogP contribution < -0.4 is 5.32 Å². The Kier molecular flexibility index (Phi) is 6.89. The van der Waals surface area contributed by atoms with Gasteiger partial charge >= 0.3 is 5.97 Å². The lowest BCUT2D eigenvalue weighted by Crippen LogP contribution is -2.49. The van der Waals surface area contributed by atoms with Gasteiger partial charge in [0.2, 0.25) is 0 Å². The maximum atomic E-state index is 11.9. The van der Waals surface area contributed by atoms with Crippen LogP contribution in [0, 0.1) is 0 Å². The SMILES string of the molecule is CCOC(=O)C(C)(CCSc1cccc(Br)c1)NC. The zero-order valence-electron chi connectivity index (χ0n) is 11.5. The molecule has 0 aromatic heterocycles. The van der Waals surface area contributed by atoms with Gasteiger partial charge in [0.25, 0.3) is 0 Å². The molecule has 106 valence electrons. The van der Waals surface area contributed by atoms with Gasteiger partial charge in [0.1, 0.15) is 5.54 Å². The van der Waals surface area contributed by atoms with Crippen LogP contribution in [0.5, 0.6) is 0 Å². The molecule has 0 spiro atoms. The van der Waals surface area contributed by atoms with E-state index in [0.29, 0.717) is 6.61 Å². The fourth-order valence-electron chi connectivity index (χ4n) is 1.55. The van der Waals surface area contributed by atoms with E-state index in [0.717, 1.165) is 16.6 Å².